The molecular weight excluding hydrogens is 237 g/mol. The van der Waals surface area contributed by atoms with Crippen molar-refractivity contribution in [1.29, 1.82) is 0 Å². The van der Waals surface area contributed by atoms with Crippen molar-refractivity contribution in [3.63, 3.8) is 0 Å². The van der Waals surface area contributed by atoms with E-state index in [2.05, 4.69) is 0 Å². The van der Waals surface area contributed by atoms with Crippen LogP contribution in [0.1, 0.15) is 0 Å². The normalized spacial score (nSPS) is 9.87. The van der Waals surface area contributed by atoms with E-state index in [1.165, 1.54) is 4.90 Å². The number of hydrogen-bond donors (Lipinski definition) is 0. The summed E-state index contributed by atoms with van der Waals surface area (Å²) >= 11 is 11.6. The number of benzene rings is 1. The lowest BCUT2D eigenvalue weighted by molar-refractivity contribution is -0.130. The Balaban J connectivity index is 2.62. The first-order chi connectivity index (χ1) is 7.00. The fraction of sp³-hybridized carbons (Fsp3) is 0.300. The average molecular weight is 248 g/mol. The molecule has 0 bridgehead atoms. The molecule has 0 radical (unpaired) electrons. The van der Waals surface area contributed by atoms with E-state index in [1.807, 2.05) is 0 Å². The molecule has 0 aliphatic carbocycles. The summed E-state index contributed by atoms with van der Waals surface area (Å²) in [6, 6.07) is 4.86. The van der Waals surface area contributed by atoms with Gasteiger partial charge >= 0.3 is 0 Å². The maximum absolute atomic E-state index is 11.2. The minimum atomic E-state index is -0.124. The van der Waals surface area contributed by atoms with Crippen LogP contribution < -0.4 is 4.74 Å². The predicted molar refractivity (Wildman–Crippen MR) is 60.7 cm³/mol. The van der Waals surface area contributed by atoms with Crippen molar-refractivity contribution >= 4 is 29.1 Å². The maximum atomic E-state index is 11.2. The first-order valence-electron chi connectivity index (χ1n) is 4.28. The first-order valence-corrected chi connectivity index (χ1v) is 5.04. The number of nitrogens with zero attached hydrogens (tertiary/aromatic N) is 1. The molecule has 0 spiro atoms. The van der Waals surface area contributed by atoms with E-state index in [9.17, 15) is 4.79 Å². The summed E-state index contributed by atoms with van der Waals surface area (Å²) < 4.78 is 5.23. The van der Waals surface area contributed by atoms with Gasteiger partial charge in [0, 0.05) is 19.1 Å². The molecule has 0 unspecified atom stereocenters. The van der Waals surface area contributed by atoms with Gasteiger partial charge in [-0.2, -0.15) is 0 Å². The summed E-state index contributed by atoms with van der Waals surface area (Å²) in [5.74, 6) is 0.331. The van der Waals surface area contributed by atoms with Crippen molar-refractivity contribution < 1.29 is 9.53 Å². The summed E-state index contributed by atoms with van der Waals surface area (Å²) in [5.41, 5.74) is 0. The van der Waals surface area contributed by atoms with Crippen LogP contribution in [0.5, 0.6) is 5.75 Å². The number of likely N-dealkylation sites (N-methyl/N-ethyl adjacent to an activating group) is 1. The first kappa shape index (κ1) is 12.1. The topological polar surface area (TPSA) is 29.5 Å². The summed E-state index contributed by atoms with van der Waals surface area (Å²) in [4.78, 5) is 12.7. The van der Waals surface area contributed by atoms with E-state index in [-0.39, 0.29) is 12.5 Å². The molecule has 1 amide bonds. The number of carbonyl (C=O) groups is 1. The van der Waals surface area contributed by atoms with Crippen molar-refractivity contribution in [3.05, 3.63) is 28.2 Å². The van der Waals surface area contributed by atoms with E-state index < -0.39 is 0 Å². The molecule has 1 rings (SSSR count). The second-order valence-electron chi connectivity index (χ2n) is 3.15. The lowest BCUT2D eigenvalue weighted by Crippen LogP contribution is -2.27. The molecule has 0 aromatic heterocycles. The minimum Gasteiger partial charge on any atom is -0.482 e. The molecule has 0 saturated heterocycles. The Morgan fingerprint density at radius 3 is 2.60 bits per heavy atom. The van der Waals surface area contributed by atoms with Gasteiger partial charge < -0.3 is 9.64 Å². The van der Waals surface area contributed by atoms with Gasteiger partial charge in [-0.1, -0.05) is 23.2 Å². The summed E-state index contributed by atoms with van der Waals surface area (Å²) in [6.07, 6.45) is 0. The Morgan fingerprint density at radius 2 is 2.07 bits per heavy atom. The van der Waals surface area contributed by atoms with Gasteiger partial charge in [-0.3, -0.25) is 4.79 Å². The molecule has 0 fully saturated rings. The Labute approximate surface area is 98.5 Å². The standard InChI is InChI=1S/C10H11Cl2NO2/c1-13(2)10(14)6-15-9-4-3-7(11)5-8(9)12/h3-5H,6H2,1-2H3. The Morgan fingerprint density at radius 1 is 1.40 bits per heavy atom. The average Bonchev–Trinajstić information content (AvgIpc) is 2.15. The highest BCUT2D eigenvalue weighted by Crippen LogP contribution is 2.27. The third-order valence-corrected chi connectivity index (χ3v) is 2.27. The van der Waals surface area contributed by atoms with Gasteiger partial charge in [0.2, 0.25) is 0 Å². The molecule has 1 aromatic carbocycles. The zero-order valence-corrected chi connectivity index (χ0v) is 9.97. The molecule has 0 aliphatic heterocycles. The summed E-state index contributed by atoms with van der Waals surface area (Å²) in [6.45, 7) is -0.0334. The van der Waals surface area contributed by atoms with E-state index >= 15 is 0 Å². The minimum absolute atomic E-state index is 0.0334. The summed E-state index contributed by atoms with van der Waals surface area (Å²) in [5, 5.41) is 0.931. The number of halogens is 2. The molecule has 0 heterocycles. The molecule has 0 saturated carbocycles. The molecule has 82 valence electrons. The zero-order chi connectivity index (χ0) is 11.4. The van der Waals surface area contributed by atoms with Crippen LogP contribution in [0, 0.1) is 0 Å². The van der Waals surface area contributed by atoms with Crippen molar-refractivity contribution in [2.45, 2.75) is 0 Å². The van der Waals surface area contributed by atoms with Crippen LogP contribution >= 0.6 is 23.2 Å². The highest BCUT2D eigenvalue weighted by molar-refractivity contribution is 6.35. The molecule has 15 heavy (non-hydrogen) atoms. The number of ether oxygens (including phenoxy) is 1. The molecule has 1 aromatic rings. The number of carbonyl (C=O) groups excluding carboxylic acids is 1. The largest absolute Gasteiger partial charge is 0.482 e. The maximum Gasteiger partial charge on any atom is 0.259 e. The van der Waals surface area contributed by atoms with Crippen LogP contribution in [0.15, 0.2) is 18.2 Å². The van der Waals surface area contributed by atoms with Crippen molar-refractivity contribution in [3.8, 4) is 5.75 Å². The van der Waals surface area contributed by atoms with Crippen LogP contribution in [-0.2, 0) is 4.79 Å². The molecule has 0 aliphatic rings. The van der Waals surface area contributed by atoms with Crippen LogP contribution in [-0.4, -0.2) is 31.5 Å². The molecule has 0 atom stereocenters. The van der Waals surface area contributed by atoms with Crippen molar-refractivity contribution in [1.82, 2.24) is 4.90 Å². The molecule has 3 nitrogen and oxygen atoms in total. The molecule has 5 heteroatoms. The Kier molecular flexibility index (Phi) is 4.24. The highest BCUT2D eigenvalue weighted by atomic mass is 35.5. The fourth-order valence-corrected chi connectivity index (χ4v) is 1.32. The van der Waals surface area contributed by atoms with Gasteiger partial charge in [-0.05, 0) is 18.2 Å². The third-order valence-electron chi connectivity index (χ3n) is 1.74. The highest BCUT2D eigenvalue weighted by Gasteiger charge is 2.07. The van der Waals surface area contributed by atoms with E-state index in [0.29, 0.717) is 15.8 Å². The third kappa shape index (κ3) is 3.61. The van der Waals surface area contributed by atoms with Crippen LogP contribution in [0.2, 0.25) is 10.0 Å². The Hall–Kier alpha value is -0.930. The zero-order valence-electron chi connectivity index (χ0n) is 8.46. The van der Waals surface area contributed by atoms with Crippen molar-refractivity contribution in [2.24, 2.45) is 0 Å². The van der Waals surface area contributed by atoms with E-state index in [4.69, 9.17) is 27.9 Å². The van der Waals surface area contributed by atoms with E-state index in [0.717, 1.165) is 0 Å². The second-order valence-corrected chi connectivity index (χ2v) is 4.00. The molecular formula is C10H11Cl2NO2. The number of hydrogen-bond acceptors (Lipinski definition) is 2. The van der Waals surface area contributed by atoms with Gasteiger partial charge in [0.1, 0.15) is 5.75 Å². The number of rotatable bonds is 3. The number of amides is 1. The van der Waals surface area contributed by atoms with Crippen LogP contribution in [0.4, 0.5) is 0 Å². The van der Waals surface area contributed by atoms with Gasteiger partial charge in [0.25, 0.3) is 5.91 Å². The van der Waals surface area contributed by atoms with E-state index in [1.54, 1.807) is 32.3 Å². The Bertz CT molecular complexity index is 366. The monoisotopic (exact) mass is 247 g/mol. The lowest BCUT2D eigenvalue weighted by atomic mass is 10.3. The SMILES string of the molecule is CN(C)C(=O)COc1ccc(Cl)cc1Cl. The lowest BCUT2D eigenvalue weighted by Gasteiger charge is -2.12. The quantitative estimate of drug-likeness (QED) is 0.822. The van der Waals surface area contributed by atoms with Gasteiger partial charge in [-0.25, -0.2) is 0 Å². The molecule has 0 N–H and O–H groups in total. The summed E-state index contributed by atoms with van der Waals surface area (Å²) in [7, 11) is 3.32. The van der Waals surface area contributed by atoms with Crippen LogP contribution in [0.25, 0.3) is 0 Å². The smallest absolute Gasteiger partial charge is 0.259 e. The van der Waals surface area contributed by atoms with Gasteiger partial charge in [0.15, 0.2) is 6.61 Å². The second kappa shape index (κ2) is 5.24. The predicted octanol–water partition coefficient (Wildman–Crippen LogP) is 2.46. The fourth-order valence-electron chi connectivity index (χ4n) is 0.861. The van der Waals surface area contributed by atoms with Gasteiger partial charge in [0.05, 0.1) is 5.02 Å². The van der Waals surface area contributed by atoms with Gasteiger partial charge in [-0.15, -0.1) is 0 Å². The van der Waals surface area contributed by atoms with Crippen molar-refractivity contribution in [2.75, 3.05) is 20.7 Å². The van der Waals surface area contributed by atoms with Crippen LogP contribution in [0.3, 0.4) is 0 Å².